The van der Waals surface area contributed by atoms with Gasteiger partial charge in [0.05, 0.1) is 24.2 Å². The van der Waals surface area contributed by atoms with Gasteiger partial charge in [0.2, 0.25) is 5.91 Å². The number of aliphatic carboxylic acids is 1. The summed E-state index contributed by atoms with van der Waals surface area (Å²) in [7, 11) is 0. The highest BCUT2D eigenvalue weighted by atomic mass is 79.9. The zero-order chi connectivity index (χ0) is 18.1. The topological polar surface area (TPSA) is 57.6 Å². The van der Waals surface area contributed by atoms with Crippen LogP contribution >= 0.6 is 15.9 Å². The Labute approximate surface area is 154 Å². The van der Waals surface area contributed by atoms with E-state index in [1.54, 1.807) is 4.90 Å². The number of carboxylic acid groups (broad SMARTS) is 1. The fraction of sp³-hybridized carbons (Fsp3) is 0.200. The van der Waals surface area contributed by atoms with Crippen LogP contribution < -0.4 is 4.90 Å². The zero-order valence-electron chi connectivity index (χ0n) is 14.0. The summed E-state index contributed by atoms with van der Waals surface area (Å²) < 4.78 is 0.464. The number of rotatable bonds is 3. The van der Waals surface area contributed by atoms with Crippen LogP contribution in [0.3, 0.4) is 0 Å². The molecule has 4 nitrogen and oxygen atoms in total. The van der Waals surface area contributed by atoms with Crippen molar-refractivity contribution in [2.45, 2.75) is 26.8 Å². The average molecular weight is 400 g/mol. The van der Waals surface area contributed by atoms with Gasteiger partial charge in [-0.1, -0.05) is 36.4 Å². The number of anilines is 1. The molecule has 0 unspecified atom stereocenters. The third kappa shape index (κ3) is 3.37. The van der Waals surface area contributed by atoms with E-state index in [1.165, 1.54) is 11.1 Å². The van der Waals surface area contributed by atoms with Crippen LogP contribution in [0, 0.1) is 13.8 Å². The van der Waals surface area contributed by atoms with E-state index in [1.807, 2.05) is 50.2 Å². The molecule has 2 aromatic carbocycles. The zero-order valence-corrected chi connectivity index (χ0v) is 15.6. The first-order chi connectivity index (χ1) is 11.9. The molecule has 2 aromatic rings. The van der Waals surface area contributed by atoms with Crippen LogP contribution in [0.1, 0.15) is 28.7 Å². The average Bonchev–Trinajstić information content (AvgIpc) is 2.69. The molecule has 1 aliphatic heterocycles. The number of nitrogens with zero attached hydrogens (tertiary/aromatic N) is 1. The van der Waals surface area contributed by atoms with Gasteiger partial charge in [0.1, 0.15) is 0 Å². The third-order valence-corrected chi connectivity index (χ3v) is 5.40. The Morgan fingerprint density at radius 1 is 1.16 bits per heavy atom. The van der Waals surface area contributed by atoms with Crippen molar-refractivity contribution in [2.75, 3.05) is 4.90 Å². The molecule has 0 bridgehead atoms. The number of halogens is 1. The van der Waals surface area contributed by atoms with Crippen molar-refractivity contribution in [1.29, 1.82) is 0 Å². The molecule has 1 aliphatic rings. The minimum atomic E-state index is -1.08. The van der Waals surface area contributed by atoms with Crippen LogP contribution in [-0.4, -0.2) is 17.0 Å². The molecular formula is C20H18BrNO3. The first-order valence-corrected chi connectivity index (χ1v) is 8.75. The molecule has 1 N–H and O–H groups in total. The maximum Gasteiger partial charge on any atom is 0.333 e. The van der Waals surface area contributed by atoms with Crippen LogP contribution in [0.15, 0.2) is 48.0 Å². The number of fused-ring (bicyclic) bond motifs is 1. The molecule has 0 spiro atoms. The van der Waals surface area contributed by atoms with Crippen molar-refractivity contribution < 1.29 is 14.7 Å². The lowest BCUT2D eigenvalue weighted by molar-refractivity contribution is -0.133. The summed E-state index contributed by atoms with van der Waals surface area (Å²) in [5, 5.41) is 9.46. The van der Waals surface area contributed by atoms with E-state index in [2.05, 4.69) is 22.0 Å². The second-order valence-electron chi connectivity index (χ2n) is 6.19. The first-order valence-electron chi connectivity index (χ1n) is 7.96. The predicted octanol–water partition coefficient (Wildman–Crippen LogP) is 4.43. The van der Waals surface area contributed by atoms with Gasteiger partial charge < -0.3 is 10.0 Å². The molecule has 25 heavy (non-hydrogen) atoms. The van der Waals surface area contributed by atoms with Crippen LogP contribution in [-0.2, 0) is 16.1 Å². The molecule has 0 saturated carbocycles. The van der Waals surface area contributed by atoms with Crippen molar-refractivity contribution in [2.24, 2.45) is 0 Å². The van der Waals surface area contributed by atoms with E-state index in [0.717, 1.165) is 11.1 Å². The number of carbonyl (C=O) groups excluding carboxylic acids is 1. The molecule has 0 saturated heterocycles. The number of carboxylic acids is 1. The normalized spacial score (nSPS) is 14.4. The summed E-state index contributed by atoms with van der Waals surface area (Å²) in [5.41, 5.74) is 4.90. The minimum Gasteiger partial charge on any atom is -0.478 e. The minimum absolute atomic E-state index is 0.0834. The standard InChI is InChI=1S/C20H18BrNO3/c1-12-7-8-14(9-13(12)2)11-22-17-6-4-3-5-15(17)19(21)16(20(24)25)10-18(22)23/h3-9H,10-11H2,1-2H3,(H,24,25). The van der Waals surface area contributed by atoms with Crippen molar-refractivity contribution in [3.63, 3.8) is 0 Å². The lowest BCUT2D eigenvalue weighted by Crippen LogP contribution is -2.30. The molecule has 0 atom stereocenters. The van der Waals surface area contributed by atoms with Gasteiger partial charge in [-0.25, -0.2) is 4.79 Å². The summed E-state index contributed by atoms with van der Waals surface area (Å²) in [4.78, 5) is 26.0. The van der Waals surface area contributed by atoms with Crippen LogP contribution in [0.4, 0.5) is 5.69 Å². The fourth-order valence-corrected chi connectivity index (χ4v) is 3.59. The van der Waals surface area contributed by atoms with Gasteiger partial charge in [-0.3, -0.25) is 4.79 Å². The fourth-order valence-electron chi connectivity index (χ4n) is 2.94. The number of hydrogen-bond donors (Lipinski definition) is 1. The Balaban J connectivity index is 2.07. The number of amides is 1. The number of carbonyl (C=O) groups is 2. The third-order valence-electron chi connectivity index (χ3n) is 4.50. The monoisotopic (exact) mass is 399 g/mol. The molecule has 5 heteroatoms. The molecule has 0 fully saturated rings. The van der Waals surface area contributed by atoms with Gasteiger partial charge >= 0.3 is 5.97 Å². The van der Waals surface area contributed by atoms with E-state index in [-0.39, 0.29) is 17.9 Å². The molecule has 3 rings (SSSR count). The van der Waals surface area contributed by atoms with Gasteiger partial charge in [0, 0.05) is 10.0 Å². The smallest absolute Gasteiger partial charge is 0.333 e. The number of benzene rings is 2. The highest BCUT2D eigenvalue weighted by Gasteiger charge is 2.29. The Kier molecular flexibility index (Phi) is 4.77. The highest BCUT2D eigenvalue weighted by Crippen LogP contribution is 2.38. The Hall–Kier alpha value is -2.40. The maximum absolute atomic E-state index is 12.8. The summed E-state index contributed by atoms with van der Waals surface area (Å²) in [5.74, 6) is -1.31. The molecule has 0 aliphatic carbocycles. The largest absolute Gasteiger partial charge is 0.478 e. The van der Waals surface area contributed by atoms with Crippen molar-refractivity contribution in [1.82, 2.24) is 0 Å². The van der Waals surface area contributed by atoms with E-state index in [0.29, 0.717) is 16.7 Å². The van der Waals surface area contributed by atoms with Crippen LogP contribution in [0.25, 0.3) is 4.48 Å². The first kappa shape index (κ1) is 17.4. The second kappa shape index (κ2) is 6.84. The summed E-state index contributed by atoms with van der Waals surface area (Å²) in [6.45, 7) is 4.49. The lowest BCUT2D eigenvalue weighted by Gasteiger charge is -2.23. The molecule has 0 radical (unpaired) electrons. The van der Waals surface area contributed by atoms with Crippen molar-refractivity contribution in [3.8, 4) is 0 Å². The molecule has 1 amide bonds. The lowest BCUT2D eigenvalue weighted by atomic mass is 10.1. The van der Waals surface area contributed by atoms with Gasteiger partial charge in [-0.2, -0.15) is 0 Å². The second-order valence-corrected chi connectivity index (χ2v) is 6.98. The summed E-state index contributed by atoms with van der Waals surface area (Å²) >= 11 is 3.39. The highest BCUT2D eigenvalue weighted by molar-refractivity contribution is 9.15. The molecular weight excluding hydrogens is 382 g/mol. The maximum atomic E-state index is 12.8. The van der Waals surface area contributed by atoms with E-state index in [4.69, 9.17) is 0 Å². The van der Waals surface area contributed by atoms with E-state index < -0.39 is 5.97 Å². The summed E-state index contributed by atoms with van der Waals surface area (Å²) in [6.07, 6.45) is -0.143. The SMILES string of the molecule is Cc1ccc(CN2C(=O)CC(C(=O)O)=C(Br)c3ccccc32)cc1C. The number of aryl methyl sites for hydroxylation is 2. The Morgan fingerprint density at radius 2 is 1.88 bits per heavy atom. The quantitative estimate of drug-likeness (QED) is 0.830. The van der Waals surface area contributed by atoms with Gasteiger partial charge in [-0.15, -0.1) is 0 Å². The number of hydrogen-bond acceptors (Lipinski definition) is 2. The number of para-hydroxylation sites is 1. The van der Waals surface area contributed by atoms with Crippen molar-refractivity contribution in [3.05, 3.63) is 70.3 Å². The molecule has 1 heterocycles. The van der Waals surface area contributed by atoms with Crippen molar-refractivity contribution >= 4 is 38.0 Å². The summed E-state index contributed by atoms with van der Waals surface area (Å²) in [6, 6.07) is 13.5. The van der Waals surface area contributed by atoms with Crippen LogP contribution in [0.5, 0.6) is 0 Å². The Morgan fingerprint density at radius 3 is 2.56 bits per heavy atom. The van der Waals surface area contributed by atoms with Gasteiger partial charge in [0.15, 0.2) is 0 Å². The molecule has 128 valence electrons. The van der Waals surface area contributed by atoms with E-state index >= 15 is 0 Å². The molecule has 0 aromatic heterocycles. The Bertz CT molecular complexity index is 902. The van der Waals surface area contributed by atoms with E-state index in [9.17, 15) is 14.7 Å². The van der Waals surface area contributed by atoms with Gasteiger partial charge in [-0.05, 0) is 52.5 Å². The van der Waals surface area contributed by atoms with Crippen LogP contribution in [0.2, 0.25) is 0 Å². The predicted molar refractivity (Wildman–Crippen MR) is 102 cm³/mol. The van der Waals surface area contributed by atoms with Gasteiger partial charge in [0.25, 0.3) is 0 Å².